The quantitative estimate of drug-likeness (QED) is 0.580. The SMILES string of the molecule is CN(C)c1cc[n+](-c2cc(=O)n(C)c(=O)[nH]2)cc1.[Cl-]. The number of nitrogens with zero attached hydrogens (tertiary/aromatic N) is 3. The summed E-state index contributed by atoms with van der Waals surface area (Å²) in [6.45, 7) is 0. The zero-order chi connectivity index (χ0) is 13.3. The Morgan fingerprint density at radius 1 is 1.21 bits per heavy atom. The first-order valence-electron chi connectivity index (χ1n) is 5.48. The van der Waals surface area contributed by atoms with Gasteiger partial charge in [0.05, 0.1) is 18.5 Å². The summed E-state index contributed by atoms with van der Waals surface area (Å²) < 4.78 is 2.72. The van der Waals surface area contributed by atoms with E-state index >= 15 is 0 Å². The lowest BCUT2D eigenvalue weighted by molar-refractivity contribution is -0.599. The summed E-state index contributed by atoms with van der Waals surface area (Å²) in [5, 5.41) is 0. The van der Waals surface area contributed by atoms with E-state index < -0.39 is 5.69 Å². The van der Waals surface area contributed by atoms with E-state index in [4.69, 9.17) is 0 Å². The molecule has 0 aliphatic heterocycles. The molecule has 2 rings (SSSR count). The molecule has 2 aromatic heterocycles. The first-order chi connectivity index (χ1) is 8.49. The molecule has 0 spiro atoms. The van der Waals surface area contributed by atoms with Crippen LogP contribution in [0, 0.1) is 0 Å². The van der Waals surface area contributed by atoms with Gasteiger partial charge in [-0.1, -0.05) is 0 Å². The van der Waals surface area contributed by atoms with Crippen LogP contribution in [0.5, 0.6) is 0 Å². The van der Waals surface area contributed by atoms with E-state index in [0.717, 1.165) is 10.3 Å². The molecule has 0 amide bonds. The molecule has 1 N–H and O–H groups in total. The Bertz CT molecular complexity index is 642. The molecule has 19 heavy (non-hydrogen) atoms. The van der Waals surface area contributed by atoms with Gasteiger partial charge in [-0.15, -0.1) is 0 Å². The number of aromatic amines is 1. The van der Waals surface area contributed by atoms with Crippen LogP contribution in [0.2, 0.25) is 0 Å². The van der Waals surface area contributed by atoms with Gasteiger partial charge in [0.2, 0.25) is 0 Å². The molecule has 0 aliphatic carbocycles. The summed E-state index contributed by atoms with van der Waals surface area (Å²) in [5.41, 5.74) is 0.275. The zero-order valence-electron chi connectivity index (χ0n) is 10.9. The number of rotatable bonds is 2. The Kier molecular flexibility index (Phi) is 4.50. The van der Waals surface area contributed by atoms with Crippen molar-refractivity contribution in [2.24, 2.45) is 7.05 Å². The predicted octanol–water partition coefficient (Wildman–Crippen LogP) is -3.58. The van der Waals surface area contributed by atoms with Crippen molar-refractivity contribution in [3.05, 3.63) is 51.4 Å². The molecule has 0 aliphatic rings. The lowest BCUT2D eigenvalue weighted by Crippen LogP contribution is -3.00. The third-order valence-electron chi connectivity index (χ3n) is 2.74. The number of aromatic nitrogens is 3. The average Bonchev–Trinajstić information content (AvgIpc) is 2.35. The fraction of sp³-hybridized carbons (Fsp3) is 0.250. The van der Waals surface area contributed by atoms with Crippen molar-refractivity contribution in [2.45, 2.75) is 0 Å². The molecular formula is C12H15ClN4O2. The van der Waals surface area contributed by atoms with Crippen molar-refractivity contribution >= 4 is 5.69 Å². The van der Waals surface area contributed by atoms with Gasteiger partial charge in [0, 0.05) is 39.0 Å². The van der Waals surface area contributed by atoms with Crippen LogP contribution in [0.1, 0.15) is 0 Å². The second kappa shape index (κ2) is 5.71. The van der Waals surface area contributed by atoms with Crippen LogP contribution < -0.4 is 33.1 Å². The van der Waals surface area contributed by atoms with Crippen LogP contribution in [0.3, 0.4) is 0 Å². The van der Waals surface area contributed by atoms with E-state index in [1.807, 2.05) is 31.1 Å². The number of H-pyrrole nitrogens is 1. The lowest BCUT2D eigenvalue weighted by Gasteiger charge is -2.11. The highest BCUT2D eigenvalue weighted by molar-refractivity contribution is 5.41. The molecule has 0 atom stereocenters. The minimum Gasteiger partial charge on any atom is -1.00 e. The third kappa shape index (κ3) is 3.03. The van der Waals surface area contributed by atoms with E-state index in [0.29, 0.717) is 5.82 Å². The molecule has 0 radical (unpaired) electrons. The number of anilines is 1. The van der Waals surface area contributed by atoms with Gasteiger partial charge in [0.1, 0.15) is 0 Å². The van der Waals surface area contributed by atoms with Gasteiger partial charge in [-0.3, -0.25) is 4.79 Å². The molecule has 0 saturated heterocycles. The molecule has 7 heteroatoms. The fourth-order valence-electron chi connectivity index (χ4n) is 1.56. The number of nitrogens with one attached hydrogen (secondary N) is 1. The van der Waals surface area contributed by atoms with Crippen LogP contribution >= 0.6 is 0 Å². The number of hydrogen-bond acceptors (Lipinski definition) is 3. The lowest BCUT2D eigenvalue weighted by atomic mass is 10.4. The van der Waals surface area contributed by atoms with Crippen molar-refractivity contribution in [3.63, 3.8) is 0 Å². The summed E-state index contributed by atoms with van der Waals surface area (Å²) in [6.07, 6.45) is 3.58. The number of pyridine rings is 1. The summed E-state index contributed by atoms with van der Waals surface area (Å²) in [5.74, 6) is 0.452. The van der Waals surface area contributed by atoms with Crippen molar-refractivity contribution < 1.29 is 17.0 Å². The van der Waals surface area contributed by atoms with Crippen molar-refractivity contribution in [1.29, 1.82) is 0 Å². The summed E-state index contributed by atoms with van der Waals surface area (Å²) in [4.78, 5) is 27.6. The van der Waals surface area contributed by atoms with Gasteiger partial charge >= 0.3 is 5.69 Å². The highest BCUT2D eigenvalue weighted by Gasteiger charge is 2.09. The van der Waals surface area contributed by atoms with Crippen molar-refractivity contribution in [2.75, 3.05) is 19.0 Å². The third-order valence-corrected chi connectivity index (χ3v) is 2.74. The Balaban J connectivity index is 0.00000180. The Morgan fingerprint density at radius 2 is 1.79 bits per heavy atom. The smallest absolute Gasteiger partial charge is 0.415 e. The van der Waals surface area contributed by atoms with E-state index in [2.05, 4.69) is 4.98 Å². The number of hydrogen-bond donors (Lipinski definition) is 1. The molecule has 0 aromatic carbocycles. The summed E-state index contributed by atoms with van der Waals surface area (Å²) in [6, 6.07) is 5.18. The molecular weight excluding hydrogens is 268 g/mol. The fourth-order valence-corrected chi connectivity index (χ4v) is 1.56. The molecule has 0 unspecified atom stereocenters. The minimum absolute atomic E-state index is 0. The predicted molar refractivity (Wildman–Crippen MR) is 68.2 cm³/mol. The molecule has 6 nitrogen and oxygen atoms in total. The van der Waals surface area contributed by atoms with E-state index in [-0.39, 0.29) is 18.0 Å². The summed E-state index contributed by atoms with van der Waals surface area (Å²) in [7, 11) is 5.32. The molecule has 2 heterocycles. The monoisotopic (exact) mass is 282 g/mol. The van der Waals surface area contributed by atoms with Gasteiger partial charge in [0.25, 0.3) is 11.4 Å². The normalized spacial score (nSPS) is 9.84. The van der Waals surface area contributed by atoms with Crippen molar-refractivity contribution in [3.8, 4) is 5.82 Å². The van der Waals surface area contributed by atoms with Gasteiger partial charge in [-0.2, -0.15) is 4.98 Å². The van der Waals surface area contributed by atoms with Crippen LogP contribution in [0.25, 0.3) is 5.82 Å². The highest BCUT2D eigenvalue weighted by Crippen LogP contribution is 2.06. The molecule has 0 fully saturated rings. The molecule has 0 bridgehead atoms. The molecule has 2 aromatic rings. The van der Waals surface area contributed by atoms with E-state index in [1.54, 1.807) is 17.0 Å². The van der Waals surface area contributed by atoms with Gasteiger partial charge < -0.3 is 17.3 Å². The van der Waals surface area contributed by atoms with Gasteiger partial charge in [-0.05, 0) is 0 Å². The summed E-state index contributed by atoms with van der Waals surface area (Å²) >= 11 is 0. The Hall–Kier alpha value is -2.08. The second-order valence-electron chi connectivity index (χ2n) is 4.22. The largest absolute Gasteiger partial charge is 1.00 e. The van der Waals surface area contributed by atoms with Gasteiger partial charge in [0.15, 0.2) is 0 Å². The Labute approximate surface area is 116 Å². The van der Waals surface area contributed by atoms with Gasteiger partial charge in [-0.25, -0.2) is 13.9 Å². The minimum atomic E-state index is -0.429. The van der Waals surface area contributed by atoms with Crippen LogP contribution in [-0.4, -0.2) is 23.6 Å². The van der Waals surface area contributed by atoms with Crippen molar-refractivity contribution in [1.82, 2.24) is 9.55 Å². The molecule has 102 valence electrons. The standard InChI is InChI=1S/C12H14N4O2.ClH/c1-14(2)9-4-6-16(7-5-9)10-8-11(17)15(3)12(18)13-10;/h4-8H,1-3H3;1H. The van der Waals surface area contributed by atoms with E-state index in [1.165, 1.54) is 13.1 Å². The van der Waals surface area contributed by atoms with E-state index in [9.17, 15) is 9.59 Å². The maximum Gasteiger partial charge on any atom is 0.415 e. The topological polar surface area (TPSA) is 62.0 Å². The highest BCUT2D eigenvalue weighted by atomic mass is 35.5. The zero-order valence-corrected chi connectivity index (χ0v) is 11.7. The van der Waals surface area contributed by atoms with Crippen LogP contribution in [0.4, 0.5) is 5.69 Å². The maximum absolute atomic E-state index is 11.5. The average molecular weight is 283 g/mol. The Morgan fingerprint density at radius 3 is 2.26 bits per heavy atom. The second-order valence-corrected chi connectivity index (χ2v) is 4.22. The maximum atomic E-state index is 11.5. The first kappa shape index (κ1) is 15.0. The van der Waals surface area contributed by atoms with Crippen LogP contribution in [-0.2, 0) is 7.05 Å². The molecule has 0 saturated carbocycles. The van der Waals surface area contributed by atoms with Crippen LogP contribution in [0.15, 0.2) is 40.2 Å². The number of halogens is 1. The first-order valence-corrected chi connectivity index (χ1v) is 5.48.